The number of nitrogens with zero attached hydrogens (tertiary/aromatic N) is 6. The lowest BCUT2D eigenvalue weighted by molar-refractivity contribution is -0.184. The maximum atomic E-state index is 14.2. The number of likely N-dealkylation sites (tertiary alicyclic amines) is 1. The molecule has 3 aromatic heterocycles. The highest BCUT2D eigenvalue weighted by molar-refractivity contribution is 5.86. The Hall–Kier alpha value is -4.44. The van der Waals surface area contributed by atoms with Gasteiger partial charge in [0.2, 0.25) is 0 Å². The van der Waals surface area contributed by atoms with Gasteiger partial charge in [-0.05, 0) is 30.2 Å². The number of ether oxygens (including phenoxy) is 1. The summed E-state index contributed by atoms with van der Waals surface area (Å²) in [6, 6.07) is 10.9. The highest BCUT2D eigenvalue weighted by Gasteiger charge is 2.47. The first-order valence-corrected chi connectivity index (χ1v) is 11.3. The van der Waals surface area contributed by atoms with Crippen molar-refractivity contribution in [3.63, 3.8) is 0 Å². The number of rotatable bonds is 6. The average Bonchev–Trinajstić information content (AvgIpc) is 3.48. The standard InChI is InChI=1S/C24H20F3N7O3/c25-24(26,27)21(33-10-8-16(13-33)29-23(35)36)15-5-7-19-31-32-22(34(19)12-15)17-6-4-14-2-1-3-18(20(14)30-17)37-11-9-28/h1-7,12,16,21,29H,8,10-11,13H2,(H,35,36)/t16-,21+/m0/s1. The molecule has 1 saturated heterocycles. The van der Waals surface area contributed by atoms with E-state index in [1.165, 1.54) is 27.6 Å². The van der Waals surface area contributed by atoms with Crippen LogP contribution in [0.2, 0.25) is 0 Å². The Labute approximate surface area is 207 Å². The van der Waals surface area contributed by atoms with Crippen LogP contribution in [0.15, 0.2) is 48.7 Å². The Morgan fingerprint density at radius 2 is 2.08 bits per heavy atom. The number of nitriles is 1. The predicted molar refractivity (Wildman–Crippen MR) is 125 cm³/mol. The smallest absolute Gasteiger partial charge is 0.408 e. The SMILES string of the molecule is N#CCOc1cccc2ccc(-c3nnc4ccc([C@@H](N5CC[C@H](NC(=O)O)C5)C(F)(F)F)cn34)nc12. The Morgan fingerprint density at radius 3 is 2.84 bits per heavy atom. The molecular weight excluding hydrogens is 491 g/mol. The number of aromatic nitrogens is 4. The molecule has 1 amide bonds. The van der Waals surface area contributed by atoms with Crippen LogP contribution in [0, 0.1) is 11.3 Å². The second kappa shape index (κ2) is 9.55. The average molecular weight is 511 g/mol. The first-order valence-electron chi connectivity index (χ1n) is 11.3. The van der Waals surface area contributed by atoms with Gasteiger partial charge in [-0.3, -0.25) is 9.30 Å². The van der Waals surface area contributed by atoms with Crippen molar-refractivity contribution in [3.8, 4) is 23.3 Å². The molecule has 1 aliphatic rings. The zero-order valence-electron chi connectivity index (χ0n) is 19.2. The van der Waals surface area contributed by atoms with Gasteiger partial charge < -0.3 is 15.2 Å². The minimum absolute atomic E-state index is 0.0316. The van der Waals surface area contributed by atoms with Gasteiger partial charge in [0.05, 0.1) is 0 Å². The third-order valence-electron chi connectivity index (χ3n) is 6.17. The van der Waals surface area contributed by atoms with Crippen molar-refractivity contribution >= 4 is 22.6 Å². The molecule has 37 heavy (non-hydrogen) atoms. The molecule has 0 spiro atoms. The molecule has 1 aliphatic heterocycles. The number of fused-ring (bicyclic) bond motifs is 2. The highest BCUT2D eigenvalue weighted by Crippen LogP contribution is 2.40. The molecule has 190 valence electrons. The van der Waals surface area contributed by atoms with Crippen LogP contribution in [0.3, 0.4) is 0 Å². The van der Waals surface area contributed by atoms with E-state index in [1.807, 2.05) is 12.1 Å². The summed E-state index contributed by atoms with van der Waals surface area (Å²) in [6.45, 7) is -0.151. The molecule has 0 aliphatic carbocycles. The molecule has 13 heteroatoms. The van der Waals surface area contributed by atoms with Gasteiger partial charge in [-0.15, -0.1) is 10.2 Å². The molecule has 0 radical (unpaired) electrons. The molecule has 0 unspecified atom stereocenters. The summed E-state index contributed by atoms with van der Waals surface area (Å²) < 4.78 is 49.7. The third-order valence-corrected chi connectivity index (χ3v) is 6.17. The molecule has 1 aromatic carbocycles. The molecule has 1 fully saturated rings. The van der Waals surface area contributed by atoms with Gasteiger partial charge in [0, 0.05) is 30.7 Å². The molecule has 5 rings (SSSR count). The first-order chi connectivity index (χ1) is 17.7. The van der Waals surface area contributed by atoms with Crippen LogP contribution in [0.4, 0.5) is 18.0 Å². The summed E-state index contributed by atoms with van der Waals surface area (Å²) in [5.41, 5.74) is 1.14. The Morgan fingerprint density at radius 1 is 1.24 bits per heavy atom. The summed E-state index contributed by atoms with van der Waals surface area (Å²) >= 11 is 0. The van der Waals surface area contributed by atoms with Crippen molar-refractivity contribution in [2.24, 2.45) is 0 Å². The number of benzene rings is 1. The van der Waals surface area contributed by atoms with Crippen LogP contribution < -0.4 is 10.1 Å². The third kappa shape index (κ3) is 4.83. The number of nitrogens with one attached hydrogen (secondary N) is 1. The van der Waals surface area contributed by atoms with Crippen molar-refractivity contribution in [2.45, 2.75) is 24.7 Å². The van der Waals surface area contributed by atoms with Crippen molar-refractivity contribution in [1.29, 1.82) is 5.26 Å². The summed E-state index contributed by atoms with van der Waals surface area (Å²) in [6.07, 6.45) is -4.26. The lowest BCUT2D eigenvalue weighted by atomic mass is 10.1. The molecule has 10 nitrogen and oxygen atoms in total. The highest BCUT2D eigenvalue weighted by atomic mass is 19.4. The van der Waals surface area contributed by atoms with Crippen LogP contribution >= 0.6 is 0 Å². The van der Waals surface area contributed by atoms with Gasteiger partial charge >= 0.3 is 12.3 Å². The van der Waals surface area contributed by atoms with Crippen molar-refractivity contribution in [2.75, 3.05) is 19.7 Å². The summed E-state index contributed by atoms with van der Waals surface area (Å²) in [5.74, 6) is 0.632. The van der Waals surface area contributed by atoms with Crippen molar-refractivity contribution < 1.29 is 27.8 Å². The number of alkyl halides is 3. The molecule has 2 N–H and O–H groups in total. The maximum Gasteiger partial charge on any atom is 0.408 e. The number of halogens is 3. The monoisotopic (exact) mass is 511 g/mol. The number of carbonyl (C=O) groups is 1. The van der Waals surface area contributed by atoms with E-state index in [-0.39, 0.29) is 37.5 Å². The molecular formula is C24H20F3N7O3. The second-order valence-electron chi connectivity index (χ2n) is 8.56. The van der Waals surface area contributed by atoms with Gasteiger partial charge in [-0.1, -0.05) is 24.3 Å². The van der Waals surface area contributed by atoms with Crippen LogP contribution in [0.1, 0.15) is 18.0 Å². The minimum Gasteiger partial charge on any atom is -0.476 e. The Kier molecular flexibility index (Phi) is 6.26. The lowest BCUT2D eigenvalue weighted by Gasteiger charge is -2.30. The predicted octanol–water partition coefficient (Wildman–Crippen LogP) is 3.79. The molecule has 4 aromatic rings. The van der Waals surface area contributed by atoms with Crippen LogP contribution in [-0.2, 0) is 0 Å². The number of para-hydroxylation sites is 1. The van der Waals surface area contributed by atoms with E-state index in [4.69, 9.17) is 15.1 Å². The number of hydrogen-bond acceptors (Lipinski definition) is 7. The molecule has 2 atom stereocenters. The van der Waals surface area contributed by atoms with E-state index in [1.54, 1.807) is 24.3 Å². The summed E-state index contributed by atoms with van der Waals surface area (Å²) in [5, 5.41) is 29.0. The Bertz CT molecular complexity index is 1520. The van der Waals surface area contributed by atoms with Gasteiger partial charge in [-0.25, -0.2) is 9.78 Å². The summed E-state index contributed by atoms with van der Waals surface area (Å²) in [4.78, 5) is 16.8. The fourth-order valence-electron chi connectivity index (χ4n) is 4.64. The lowest BCUT2D eigenvalue weighted by Crippen LogP contribution is -2.40. The van der Waals surface area contributed by atoms with E-state index in [0.717, 1.165) is 5.39 Å². The maximum absolute atomic E-state index is 14.2. The van der Waals surface area contributed by atoms with E-state index in [0.29, 0.717) is 22.6 Å². The van der Waals surface area contributed by atoms with Crippen LogP contribution in [-0.4, -0.2) is 67.6 Å². The zero-order chi connectivity index (χ0) is 26.2. The number of carboxylic acid groups (broad SMARTS) is 1. The van der Waals surface area contributed by atoms with E-state index in [9.17, 15) is 18.0 Å². The van der Waals surface area contributed by atoms with Crippen LogP contribution in [0.25, 0.3) is 28.1 Å². The first kappa shape index (κ1) is 24.3. The number of amides is 1. The van der Waals surface area contributed by atoms with Gasteiger partial charge in [0.25, 0.3) is 0 Å². The quantitative estimate of drug-likeness (QED) is 0.400. The van der Waals surface area contributed by atoms with Gasteiger partial charge in [0.15, 0.2) is 18.1 Å². The summed E-state index contributed by atoms with van der Waals surface area (Å²) in [7, 11) is 0. The van der Waals surface area contributed by atoms with E-state index in [2.05, 4.69) is 20.5 Å². The fraction of sp³-hybridized carbons (Fsp3) is 0.292. The van der Waals surface area contributed by atoms with Crippen molar-refractivity contribution in [3.05, 3.63) is 54.2 Å². The number of hydrogen-bond donors (Lipinski definition) is 2. The molecule has 0 saturated carbocycles. The molecule has 0 bridgehead atoms. The van der Waals surface area contributed by atoms with Crippen molar-refractivity contribution in [1.82, 2.24) is 29.8 Å². The van der Waals surface area contributed by atoms with Gasteiger partial charge in [0.1, 0.15) is 29.1 Å². The van der Waals surface area contributed by atoms with E-state index < -0.39 is 24.4 Å². The zero-order valence-corrected chi connectivity index (χ0v) is 19.2. The topological polar surface area (TPSA) is 129 Å². The Balaban J connectivity index is 1.54. The normalized spacial score (nSPS) is 17.1. The molecule has 4 heterocycles. The minimum atomic E-state index is -4.60. The second-order valence-corrected chi connectivity index (χ2v) is 8.56. The fourth-order valence-corrected chi connectivity index (χ4v) is 4.64. The van der Waals surface area contributed by atoms with Gasteiger partial charge in [-0.2, -0.15) is 18.4 Å². The number of pyridine rings is 2. The largest absolute Gasteiger partial charge is 0.476 e. The van der Waals surface area contributed by atoms with E-state index >= 15 is 0 Å². The van der Waals surface area contributed by atoms with Crippen LogP contribution in [0.5, 0.6) is 5.75 Å².